The van der Waals surface area contributed by atoms with Crippen LogP contribution in [-0.2, 0) is 0 Å². The quantitative estimate of drug-likeness (QED) is 0.331. The van der Waals surface area contributed by atoms with E-state index < -0.39 is 0 Å². The molecule has 4 rings (SSSR count). The molecule has 0 bridgehead atoms. The maximum absolute atomic E-state index is 5.76. The summed E-state index contributed by atoms with van der Waals surface area (Å²) in [5.74, 6) is 7.98. The first-order chi connectivity index (χ1) is 16.3. The monoisotopic (exact) mass is 473 g/mol. The highest BCUT2D eigenvalue weighted by Gasteiger charge is 2.60. The van der Waals surface area contributed by atoms with Crippen molar-refractivity contribution in [3.63, 3.8) is 0 Å². The highest BCUT2D eigenvalue weighted by Crippen LogP contribution is 2.68. The summed E-state index contributed by atoms with van der Waals surface area (Å²) in [6, 6.07) is 0. The van der Waals surface area contributed by atoms with Gasteiger partial charge in [-0.05, 0) is 129 Å². The first-order valence-electron chi connectivity index (χ1n) is 16.0. The fourth-order valence-corrected chi connectivity index (χ4v) is 10.2. The summed E-state index contributed by atoms with van der Waals surface area (Å²) in [4.78, 5) is 0. The molecule has 2 N–H and O–H groups in total. The van der Waals surface area contributed by atoms with Gasteiger partial charge in [0.1, 0.15) is 0 Å². The van der Waals surface area contributed by atoms with Crippen LogP contribution in [0.4, 0.5) is 0 Å². The molecule has 0 radical (unpaired) electrons. The molecule has 0 saturated heterocycles. The SMILES string of the molecule is CC.CC(C)CCC[C@@H](C)C1CCC2[C@@H]3CCC4CC(CCCCN)CCC4(C)C3CC[C@@]21C. The van der Waals surface area contributed by atoms with Crippen molar-refractivity contribution in [2.24, 2.45) is 63.9 Å². The van der Waals surface area contributed by atoms with E-state index in [1.807, 2.05) is 13.8 Å². The van der Waals surface area contributed by atoms with Gasteiger partial charge in [0.05, 0.1) is 0 Å². The maximum Gasteiger partial charge on any atom is -0.00773 e. The molecule has 0 spiro atoms. The predicted octanol–water partition coefficient (Wildman–Crippen LogP) is 9.88. The van der Waals surface area contributed by atoms with Crippen LogP contribution >= 0.6 is 0 Å². The van der Waals surface area contributed by atoms with Crippen LogP contribution in [-0.4, -0.2) is 6.54 Å². The molecule has 1 heteroatoms. The molecular weight excluding hydrogens is 410 g/mol. The Morgan fingerprint density at radius 1 is 0.765 bits per heavy atom. The second-order valence-electron chi connectivity index (χ2n) is 14.1. The summed E-state index contributed by atoms with van der Waals surface area (Å²) < 4.78 is 0. The molecule has 200 valence electrons. The van der Waals surface area contributed by atoms with Crippen LogP contribution in [0.3, 0.4) is 0 Å². The largest absolute Gasteiger partial charge is 0.330 e. The summed E-state index contributed by atoms with van der Waals surface area (Å²) in [6.07, 6.45) is 22.3. The van der Waals surface area contributed by atoms with E-state index in [1.54, 1.807) is 38.5 Å². The average molecular weight is 474 g/mol. The van der Waals surface area contributed by atoms with Crippen LogP contribution in [0, 0.1) is 58.2 Å². The minimum absolute atomic E-state index is 0.654. The number of hydrogen-bond acceptors (Lipinski definition) is 1. The van der Waals surface area contributed by atoms with Crippen molar-refractivity contribution in [1.29, 1.82) is 0 Å². The van der Waals surface area contributed by atoms with E-state index in [0.29, 0.717) is 10.8 Å². The Morgan fingerprint density at radius 3 is 2.18 bits per heavy atom. The van der Waals surface area contributed by atoms with Gasteiger partial charge in [0.15, 0.2) is 0 Å². The van der Waals surface area contributed by atoms with Crippen molar-refractivity contribution in [3.8, 4) is 0 Å². The normalized spacial score (nSPS) is 42.3. The molecule has 1 nitrogen and oxygen atoms in total. The number of rotatable bonds is 9. The second kappa shape index (κ2) is 12.5. The van der Waals surface area contributed by atoms with Crippen LogP contribution in [0.1, 0.15) is 145 Å². The van der Waals surface area contributed by atoms with Gasteiger partial charge in [-0.1, -0.05) is 80.6 Å². The Labute approximate surface area is 215 Å². The second-order valence-corrected chi connectivity index (χ2v) is 14.1. The molecule has 0 aromatic heterocycles. The van der Waals surface area contributed by atoms with E-state index in [0.717, 1.165) is 53.9 Å². The van der Waals surface area contributed by atoms with E-state index in [9.17, 15) is 0 Å². The van der Waals surface area contributed by atoms with Gasteiger partial charge in [-0.2, -0.15) is 0 Å². The van der Waals surface area contributed by atoms with Gasteiger partial charge in [0, 0.05) is 0 Å². The van der Waals surface area contributed by atoms with Crippen molar-refractivity contribution in [2.75, 3.05) is 6.54 Å². The van der Waals surface area contributed by atoms with Gasteiger partial charge in [-0.25, -0.2) is 0 Å². The van der Waals surface area contributed by atoms with E-state index in [2.05, 4.69) is 34.6 Å². The standard InChI is InChI=1S/C31H57N.C2H6/c1-22(2)9-8-10-23(3)27-14-15-28-26-13-12-25-21-24(11-6-7-20-32)16-18-30(25,4)29(26)17-19-31(27,28)5;1-2/h22-29H,6-21,32H2,1-5H3;1-2H3/t23-,24?,25?,26+,27?,28?,29?,30?,31-;/m1./s1. The lowest BCUT2D eigenvalue weighted by Crippen LogP contribution is -2.53. The molecule has 9 atom stereocenters. The topological polar surface area (TPSA) is 26.0 Å². The average Bonchev–Trinajstić information content (AvgIpc) is 3.17. The first-order valence-corrected chi connectivity index (χ1v) is 16.0. The number of hydrogen-bond donors (Lipinski definition) is 1. The smallest absolute Gasteiger partial charge is 0.00773 e. The Kier molecular flexibility index (Phi) is 10.5. The molecule has 0 amide bonds. The van der Waals surface area contributed by atoms with Gasteiger partial charge in [0.2, 0.25) is 0 Å². The highest BCUT2D eigenvalue weighted by molar-refractivity contribution is 5.09. The molecule has 0 aromatic carbocycles. The first kappa shape index (κ1) is 28.5. The Balaban J connectivity index is 0.00000158. The van der Waals surface area contributed by atoms with E-state index in [1.165, 1.54) is 57.8 Å². The molecule has 4 saturated carbocycles. The van der Waals surface area contributed by atoms with Gasteiger partial charge in [-0.15, -0.1) is 0 Å². The molecule has 4 aliphatic rings. The van der Waals surface area contributed by atoms with Crippen molar-refractivity contribution in [3.05, 3.63) is 0 Å². The number of fused-ring (bicyclic) bond motifs is 5. The Hall–Kier alpha value is -0.0400. The summed E-state index contributed by atoms with van der Waals surface area (Å²) in [5, 5.41) is 0. The van der Waals surface area contributed by atoms with Crippen molar-refractivity contribution >= 4 is 0 Å². The lowest BCUT2D eigenvalue weighted by Gasteiger charge is -2.61. The Morgan fingerprint density at radius 2 is 1.47 bits per heavy atom. The summed E-state index contributed by atoms with van der Waals surface area (Å²) >= 11 is 0. The zero-order chi connectivity index (χ0) is 24.9. The molecule has 0 heterocycles. The van der Waals surface area contributed by atoms with Gasteiger partial charge >= 0.3 is 0 Å². The molecule has 4 aliphatic carbocycles. The van der Waals surface area contributed by atoms with Crippen LogP contribution in [0.25, 0.3) is 0 Å². The Bertz CT molecular complexity index is 597. The number of unbranched alkanes of at least 4 members (excludes halogenated alkanes) is 1. The van der Waals surface area contributed by atoms with E-state index >= 15 is 0 Å². The lowest BCUT2D eigenvalue weighted by molar-refractivity contribution is -0.121. The molecule has 0 aliphatic heterocycles. The van der Waals surface area contributed by atoms with Crippen molar-refractivity contribution < 1.29 is 0 Å². The van der Waals surface area contributed by atoms with Gasteiger partial charge in [-0.3, -0.25) is 0 Å². The van der Waals surface area contributed by atoms with Crippen LogP contribution in [0.5, 0.6) is 0 Å². The molecule has 6 unspecified atom stereocenters. The minimum atomic E-state index is 0.654. The van der Waals surface area contributed by atoms with Gasteiger partial charge < -0.3 is 5.73 Å². The molecule has 0 aromatic rings. The summed E-state index contributed by atoms with van der Waals surface area (Å²) in [5.41, 5.74) is 7.08. The van der Waals surface area contributed by atoms with Gasteiger partial charge in [0.25, 0.3) is 0 Å². The molecule has 34 heavy (non-hydrogen) atoms. The fraction of sp³-hybridized carbons (Fsp3) is 1.00. The zero-order valence-corrected chi connectivity index (χ0v) is 24.5. The fourth-order valence-electron chi connectivity index (χ4n) is 10.2. The minimum Gasteiger partial charge on any atom is -0.330 e. The van der Waals surface area contributed by atoms with E-state index in [-0.39, 0.29) is 0 Å². The van der Waals surface area contributed by atoms with Crippen LogP contribution in [0.2, 0.25) is 0 Å². The van der Waals surface area contributed by atoms with Crippen LogP contribution in [0.15, 0.2) is 0 Å². The third-order valence-electron chi connectivity index (χ3n) is 12.0. The van der Waals surface area contributed by atoms with E-state index in [4.69, 9.17) is 5.73 Å². The molecular formula is C33H63N. The lowest BCUT2D eigenvalue weighted by atomic mass is 9.44. The highest BCUT2D eigenvalue weighted by atomic mass is 14.6. The zero-order valence-electron chi connectivity index (χ0n) is 24.5. The predicted molar refractivity (Wildman–Crippen MR) is 151 cm³/mol. The maximum atomic E-state index is 5.76. The third kappa shape index (κ3) is 5.75. The summed E-state index contributed by atoms with van der Waals surface area (Å²) in [6.45, 7) is 17.8. The molecule has 4 fully saturated rings. The van der Waals surface area contributed by atoms with Crippen molar-refractivity contribution in [2.45, 2.75) is 145 Å². The summed E-state index contributed by atoms with van der Waals surface area (Å²) in [7, 11) is 0. The van der Waals surface area contributed by atoms with Crippen molar-refractivity contribution in [1.82, 2.24) is 0 Å². The third-order valence-corrected chi connectivity index (χ3v) is 12.0. The van der Waals surface area contributed by atoms with Crippen LogP contribution < -0.4 is 5.73 Å². The number of nitrogens with two attached hydrogens (primary N) is 1.